The molecule has 5 heteroatoms. The van der Waals surface area contributed by atoms with Gasteiger partial charge in [-0.1, -0.05) is 17.7 Å². The number of benzene rings is 1. The van der Waals surface area contributed by atoms with Crippen molar-refractivity contribution in [3.05, 3.63) is 46.7 Å². The Morgan fingerprint density at radius 1 is 1.37 bits per heavy atom. The standard InChI is InChI=1S/C14H18ClN3O/c1-11-5-7-18(17-11)14-9-13(15)4-3-12(14)10-16-6-8-19-2/h3-5,7,9,16H,6,8,10H2,1-2H3. The van der Waals surface area contributed by atoms with Crippen molar-refractivity contribution in [1.29, 1.82) is 0 Å². The van der Waals surface area contributed by atoms with Crippen LogP contribution in [0.15, 0.2) is 30.5 Å². The molecule has 0 aliphatic heterocycles. The highest BCUT2D eigenvalue weighted by Crippen LogP contribution is 2.19. The molecule has 0 aliphatic rings. The van der Waals surface area contributed by atoms with Gasteiger partial charge in [-0.05, 0) is 30.7 Å². The Hall–Kier alpha value is -1.36. The summed E-state index contributed by atoms with van der Waals surface area (Å²) in [6, 6.07) is 7.83. The van der Waals surface area contributed by atoms with E-state index in [1.165, 1.54) is 0 Å². The molecule has 1 aromatic carbocycles. The summed E-state index contributed by atoms with van der Waals surface area (Å²) in [6.07, 6.45) is 1.94. The van der Waals surface area contributed by atoms with Crippen LogP contribution in [0.1, 0.15) is 11.3 Å². The van der Waals surface area contributed by atoms with Crippen LogP contribution in [0.25, 0.3) is 5.69 Å². The predicted molar refractivity (Wildman–Crippen MR) is 76.9 cm³/mol. The van der Waals surface area contributed by atoms with Crippen molar-refractivity contribution >= 4 is 11.6 Å². The molecule has 0 aliphatic carbocycles. The van der Waals surface area contributed by atoms with Crippen LogP contribution in [-0.2, 0) is 11.3 Å². The molecule has 19 heavy (non-hydrogen) atoms. The molecule has 1 N–H and O–H groups in total. The highest BCUT2D eigenvalue weighted by molar-refractivity contribution is 6.30. The quantitative estimate of drug-likeness (QED) is 0.826. The van der Waals surface area contributed by atoms with E-state index in [1.54, 1.807) is 7.11 Å². The molecule has 0 bridgehead atoms. The lowest BCUT2D eigenvalue weighted by Crippen LogP contribution is -2.19. The van der Waals surface area contributed by atoms with E-state index in [9.17, 15) is 0 Å². The van der Waals surface area contributed by atoms with Crippen molar-refractivity contribution in [2.45, 2.75) is 13.5 Å². The molecule has 1 heterocycles. The Labute approximate surface area is 118 Å². The number of aryl methyl sites for hydroxylation is 1. The summed E-state index contributed by atoms with van der Waals surface area (Å²) in [5.41, 5.74) is 3.15. The molecule has 2 rings (SSSR count). The second-order valence-corrected chi connectivity index (χ2v) is 4.78. The van der Waals surface area contributed by atoms with Crippen LogP contribution < -0.4 is 5.32 Å². The van der Waals surface area contributed by atoms with E-state index in [0.29, 0.717) is 11.6 Å². The lowest BCUT2D eigenvalue weighted by Gasteiger charge is -2.11. The molecule has 0 unspecified atom stereocenters. The number of halogens is 1. The lowest BCUT2D eigenvalue weighted by molar-refractivity contribution is 0.199. The van der Waals surface area contributed by atoms with E-state index in [-0.39, 0.29) is 0 Å². The minimum atomic E-state index is 0.698. The molecule has 102 valence electrons. The number of aromatic nitrogens is 2. The fourth-order valence-corrected chi connectivity index (χ4v) is 2.01. The van der Waals surface area contributed by atoms with Gasteiger partial charge in [-0.25, -0.2) is 4.68 Å². The van der Waals surface area contributed by atoms with E-state index >= 15 is 0 Å². The second kappa shape index (κ2) is 6.70. The van der Waals surface area contributed by atoms with Crippen molar-refractivity contribution in [2.24, 2.45) is 0 Å². The SMILES string of the molecule is COCCNCc1ccc(Cl)cc1-n1ccc(C)n1. The number of methoxy groups -OCH3 is 1. The van der Waals surface area contributed by atoms with Gasteiger partial charge in [-0.2, -0.15) is 5.10 Å². The Bertz CT molecular complexity index is 539. The number of nitrogens with one attached hydrogen (secondary N) is 1. The number of rotatable bonds is 6. The largest absolute Gasteiger partial charge is 0.383 e. The third-order valence-corrected chi connectivity index (χ3v) is 3.05. The van der Waals surface area contributed by atoms with Gasteiger partial charge in [0.05, 0.1) is 18.0 Å². The fourth-order valence-electron chi connectivity index (χ4n) is 1.85. The maximum Gasteiger partial charge on any atom is 0.0705 e. The Balaban J connectivity index is 2.18. The second-order valence-electron chi connectivity index (χ2n) is 4.34. The first-order chi connectivity index (χ1) is 9.20. The van der Waals surface area contributed by atoms with Crippen LogP contribution in [0, 0.1) is 6.92 Å². The first kappa shape index (κ1) is 14.1. The van der Waals surface area contributed by atoms with Crippen LogP contribution >= 0.6 is 11.6 Å². The van der Waals surface area contributed by atoms with Crippen LogP contribution in [0.3, 0.4) is 0 Å². The summed E-state index contributed by atoms with van der Waals surface area (Å²) in [7, 11) is 1.70. The van der Waals surface area contributed by atoms with Crippen LogP contribution in [-0.4, -0.2) is 30.0 Å². The van der Waals surface area contributed by atoms with Crippen molar-refractivity contribution in [3.63, 3.8) is 0 Å². The number of ether oxygens (including phenoxy) is 1. The number of hydrogen-bond donors (Lipinski definition) is 1. The van der Waals surface area contributed by atoms with Gasteiger partial charge in [0.25, 0.3) is 0 Å². The molecule has 4 nitrogen and oxygen atoms in total. The Kier molecular flexibility index (Phi) is 4.96. The number of hydrogen-bond acceptors (Lipinski definition) is 3. The van der Waals surface area contributed by atoms with Gasteiger partial charge >= 0.3 is 0 Å². The van der Waals surface area contributed by atoms with E-state index < -0.39 is 0 Å². The average molecular weight is 280 g/mol. The minimum Gasteiger partial charge on any atom is -0.383 e. The van der Waals surface area contributed by atoms with Gasteiger partial charge in [-0.15, -0.1) is 0 Å². The van der Waals surface area contributed by atoms with Gasteiger partial charge in [0.2, 0.25) is 0 Å². The van der Waals surface area contributed by atoms with Crippen LogP contribution in [0.4, 0.5) is 0 Å². The molecule has 0 saturated carbocycles. The zero-order valence-corrected chi connectivity index (χ0v) is 11.9. The molecule has 1 aromatic heterocycles. The predicted octanol–water partition coefficient (Wildman–Crippen LogP) is 2.57. The first-order valence-corrected chi connectivity index (χ1v) is 6.59. The summed E-state index contributed by atoms with van der Waals surface area (Å²) in [5.74, 6) is 0. The topological polar surface area (TPSA) is 39.1 Å². The summed E-state index contributed by atoms with van der Waals surface area (Å²) in [4.78, 5) is 0. The summed E-state index contributed by atoms with van der Waals surface area (Å²) in [6.45, 7) is 4.24. The molecule has 0 spiro atoms. The summed E-state index contributed by atoms with van der Waals surface area (Å²) in [5, 5.41) is 8.47. The Morgan fingerprint density at radius 2 is 2.21 bits per heavy atom. The average Bonchev–Trinajstić information content (AvgIpc) is 2.82. The zero-order chi connectivity index (χ0) is 13.7. The smallest absolute Gasteiger partial charge is 0.0705 e. The zero-order valence-electron chi connectivity index (χ0n) is 11.2. The van der Waals surface area contributed by atoms with Crippen molar-refractivity contribution in [3.8, 4) is 5.69 Å². The minimum absolute atomic E-state index is 0.698. The molecule has 0 radical (unpaired) electrons. The van der Waals surface area contributed by atoms with Crippen molar-refractivity contribution in [1.82, 2.24) is 15.1 Å². The molecule has 0 saturated heterocycles. The number of nitrogens with zero attached hydrogens (tertiary/aromatic N) is 2. The van der Waals surface area contributed by atoms with Crippen LogP contribution in [0.5, 0.6) is 0 Å². The molecule has 0 amide bonds. The van der Waals surface area contributed by atoms with E-state index in [1.807, 2.05) is 42.1 Å². The molecule has 0 atom stereocenters. The third-order valence-electron chi connectivity index (χ3n) is 2.81. The lowest BCUT2D eigenvalue weighted by atomic mass is 10.2. The maximum atomic E-state index is 6.08. The summed E-state index contributed by atoms with van der Waals surface area (Å²) < 4.78 is 6.87. The highest BCUT2D eigenvalue weighted by Gasteiger charge is 2.06. The Morgan fingerprint density at radius 3 is 2.89 bits per heavy atom. The van der Waals surface area contributed by atoms with Crippen molar-refractivity contribution < 1.29 is 4.74 Å². The van der Waals surface area contributed by atoms with Gasteiger partial charge in [0.15, 0.2) is 0 Å². The van der Waals surface area contributed by atoms with Gasteiger partial charge < -0.3 is 10.1 Å². The highest BCUT2D eigenvalue weighted by atomic mass is 35.5. The normalized spacial score (nSPS) is 10.9. The van der Waals surface area contributed by atoms with E-state index in [0.717, 1.165) is 30.0 Å². The molecule has 2 aromatic rings. The molecular formula is C14H18ClN3O. The van der Waals surface area contributed by atoms with E-state index in [4.69, 9.17) is 16.3 Å². The first-order valence-electron chi connectivity index (χ1n) is 6.21. The molecule has 0 fully saturated rings. The third kappa shape index (κ3) is 3.80. The summed E-state index contributed by atoms with van der Waals surface area (Å²) >= 11 is 6.08. The van der Waals surface area contributed by atoms with Gasteiger partial charge in [0.1, 0.15) is 0 Å². The van der Waals surface area contributed by atoms with Gasteiger partial charge in [-0.3, -0.25) is 0 Å². The molecular weight excluding hydrogens is 262 g/mol. The van der Waals surface area contributed by atoms with E-state index in [2.05, 4.69) is 10.4 Å². The fraction of sp³-hybridized carbons (Fsp3) is 0.357. The van der Waals surface area contributed by atoms with Gasteiger partial charge in [0, 0.05) is 31.4 Å². The maximum absolute atomic E-state index is 6.08. The van der Waals surface area contributed by atoms with Crippen LogP contribution in [0.2, 0.25) is 5.02 Å². The van der Waals surface area contributed by atoms with Crippen molar-refractivity contribution in [2.75, 3.05) is 20.3 Å². The monoisotopic (exact) mass is 279 g/mol.